The maximum atomic E-state index is 11.9. The number of rotatable bonds is 7. The molecule has 1 aliphatic rings. The van der Waals surface area contributed by atoms with Crippen LogP contribution in [0.25, 0.3) is 10.9 Å². The molecule has 2 aromatic heterocycles. The Morgan fingerprint density at radius 1 is 1.38 bits per heavy atom. The lowest BCUT2D eigenvalue weighted by Crippen LogP contribution is -2.44. The molecule has 1 aliphatic heterocycles. The molecule has 7 heteroatoms. The van der Waals surface area contributed by atoms with Crippen molar-refractivity contribution in [3.05, 3.63) is 54.4 Å². The molecule has 0 radical (unpaired) electrons. The van der Waals surface area contributed by atoms with Gasteiger partial charge in [-0.25, -0.2) is 4.98 Å². The number of aryl methyl sites for hydroxylation is 1. The quantitative estimate of drug-likeness (QED) is 0.569. The Morgan fingerprint density at radius 3 is 3.06 bits per heavy atom. The second-order valence-electron chi connectivity index (χ2n) is 8.14. The molecule has 3 aromatic rings. The van der Waals surface area contributed by atoms with Crippen molar-refractivity contribution in [3.8, 4) is 17.6 Å². The summed E-state index contributed by atoms with van der Waals surface area (Å²) in [5.41, 5.74) is 2.17. The summed E-state index contributed by atoms with van der Waals surface area (Å²) in [6.45, 7) is 1.91. The van der Waals surface area contributed by atoms with E-state index in [0.29, 0.717) is 18.8 Å². The van der Waals surface area contributed by atoms with Crippen molar-refractivity contribution in [2.75, 3.05) is 26.7 Å². The first kappa shape index (κ1) is 21.8. The lowest BCUT2D eigenvalue weighted by atomic mass is 9.81. The van der Waals surface area contributed by atoms with E-state index in [1.807, 2.05) is 30.5 Å². The molecule has 0 aliphatic carbocycles. The fourth-order valence-corrected chi connectivity index (χ4v) is 4.43. The van der Waals surface area contributed by atoms with Crippen LogP contribution in [0.2, 0.25) is 0 Å². The lowest BCUT2D eigenvalue weighted by molar-refractivity contribution is -0.146. The van der Waals surface area contributed by atoms with Gasteiger partial charge in [0, 0.05) is 18.1 Å². The highest BCUT2D eigenvalue weighted by atomic mass is 16.5. The molecule has 0 spiro atoms. The zero-order chi connectivity index (χ0) is 22.3. The second kappa shape index (κ2) is 10.3. The number of carboxylic acid groups (broad SMARTS) is 1. The van der Waals surface area contributed by atoms with E-state index in [2.05, 4.69) is 26.7 Å². The third kappa shape index (κ3) is 5.27. The van der Waals surface area contributed by atoms with Crippen LogP contribution in [0.3, 0.4) is 0 Å². The zero-order valence-corrected chi connectivity index (χ0v) is 18.2. The standard InChI is InChI=1S/C25H27N3O4/c1-31-20-7-8-24-22(14-20)18(9-11-27-24)4-2-5-19-10-13-28(16-23(19)25(29)30)12-3-6-21-15-26-17-32-21/h7-9,11,14-15,17,19,23H,2,4-5,10,12-13,16H2,1H3,(H,29,30)/t19-,23+/m1/s1. The van der Waals surface area contributed by atoms with E-state index in [4.69, 9.17) is 9.15 Å². The molecule has 1 saturated heterocycles. The second-order valence-corrected chi connectivity index (χ2v) is 8.14. The van der Waals surface area contributed by atoms with Gasteiger partial charge in [-0.1, -0.05) is 5.92 Å². The first-order valence-corrected chi connectivity index (χ1v) is 10.9. The Labute approximate surface area is 187 Å². The van der Waals surface area contributed by atoms with Crippen molar-refractivity contribution in [2.45, 2.75) is 25.7 Å². The minimum atomic E-state index is -0.720. The lowest BCUT2D eigenvalue weighted by Gasteiger charge is -2.35. The van der Waals surface area contributed by atoms with Gasteiger partial charge >= 0.3 is 5.97 Å². The van der Waals surface area contributed by atoms with E-state index in [1.165, 1.54) is 12.0 Å². The van der Waals surface area contributed by atoms with Crippen LogP contribution >= 0.6 is 0 Å². The molecular weight excluding hydrogens is 406 g/mol. The molecule has 0 amide bonds. The SMILES string of the molecule is COc1ccc2nccc(CCC[C@@H]3CCN(CC#Cc4cnco4)C[C@@H]3C(=O)O)c2c1. The van der Waals surface area contributed by atoms with E-state index >= 15 is 0 Å². The molecule has 3 heterocycles. The van der Waals surface area contributed by atoms with E-state index in [1.54, 1.807) is 13.3 Å². The van der Waals surface area contributed by atoms with Crippen LogP contribution in [0.5, 0.6) is 5.75 Å². The summed E-state index contributed by atoms with van der Waals surface area (Å²) in [7, 11) is 1.66. The van der Waals surface area contributed by atoms with Crippen LogP contribution in [0.1, 0.15) is 30.6 Å². The molecule has 0 saturated carbocycles. The molecule has 166 valence electrons. The summed E-state index contributed by atoms with van der Waals surface area (Å²) in [5, 5.41) is 10.9. The molecule has 0 unspecified atom stereocenters. The maximum absolute atomic E-state index is 11.9. The van der Waals surface area contributed by atoms with Gasteiger partial charge in [0.1, 0.15) is 5.75 Å². The first-order valence-electron chi connectivity index (χ1n) is 10.9. The molecule has 0 bridgehead atoms. The summed E-state index contributed by atoms with van der Waals surface area (Å²) >= 11 is 0. The zero-order valence-electron chi connectivity index (χ0n) is 18.2. The molecule has 1 fully saturated rings. The highest BCUT2D eigenvalue weighted by Gasteiger charge is 2.33. The van der Waals surface area contributed by atoms with Crippen molar-refractivity contribution in [1.29, 1.82) is 0 Å². The van der Waals surface area contributed by atoms with Crippen molar-refractivity contribution in [3.63, 3.8) is 0 Å². The smallest absolute Gasteiger partial charge is 0.308 e. The number of aliphatic carboxylic acids is 1. The summed E-state index contributed by atoms with van der Waals surface area (Å²) in [6, 6.07) is 7.96. The van der Waals surface area contributed by atoms with Gasteiger partial charge in [-0.2, -0.15) is 0 Å². The number of fused-ring (bicyclic) bond motifs is 1. The molecule has 32 heavy (non-hydrogen) atoms. The number of benzene rings is 1. The third-order valence-corrected chi connectivity index (χ3v) is 6.16. The number of carboxylic acids is 1. The van der Waals surface area contributed by atoms with Crippen molar-refractivity contribution in [2.24, 2.45) is 11.8 Å². The minimum Gasteiger partial charge on any atom is -0.497 e. The number of carbonyl (C=O) groups is 1. The van der Waals surface area contributed by atoms with Crippen molar-refractivity contribution in [1.82, 2.24) is 14.9 Å². The number of methoxy groups -OCH3 is 1. The van der Waals surface area contributed by atoms with Crippen molar-refractivity contribution < 1.29 is 19.1 Å². The monoisotopic (exact) mass is 433 g/mol. The number of oxazole rings is 1. The third-order valence-electron chi connectivity index (χ3n) is 6.16. The summed E-state index contributed by atoms with van der Waals surface area (Å²) in [4.78, 5) is 22.3. The Hall–Kier alpha value is -3.37. The van der Waals surface area contributed by atoms with Crippen LogP contribution in [-0.2, 0) is 11.2 Å². The average molecular weight is 434 g/mol. The van der Waals surface area contributed by atoms with Gasteiger partial charge < -0.3 is 14.3 Å². The van der Waals surface area contributed by atoms with E-state index in [0.717, 1.165) is 48.9 Å². The number of piperidine rings is 1. The molecule has 1 aromatic carbocycles. The van der Waals surface area contributed by atoms with Gasteiger partial charge in [-0.15, -0.1) is 0 Å². The molecule has 2 atom stereocenters. The van der Waals surface area contributed by atoms with Gasteiger partial charge in [0.15, 0.2) is 12.2 Å². The Bertz CT molecular complexity index is 1120. The van der Waals surface area contributed by atoms with Gasteiger partial charge in [-0.3, -0.25) is 14.7 Å². The molecular formula is C25H27N3O4. The Balaban J connectivity index is 1.34. The maximum Gasteiger partial charge on any atom is 0.308 e. The van der Waals surface area contributed by atoms with E-state index in [-0.39, 0.29) is 11.8 Å². The molecule has 4 rings (SSSR count). The fourth-order valence-electron chi connectivity index (χ4n) is 4.43. The van der Waals surface area contributed by atoms with Gasteiger partial charge in [0.25, 0.3) is 0 Å². The number of hydrogen-bond donors (Lipinski definition) is 1. The van der Waals surface area contributed by atoms with Crippen molar-refractivity contribution >= 4 is 16.9 Å². The van der Waals surface area contributed by atoms with E-state index in [9.17, 15) is 9.90 Å². The predicted octanol–water partition coefficient (Wildman–Crippen LogP) is 3.63. The van der Waals surface area contributed by atoms with Crippen LogP contribution < -0.4 is 4.74 Å². The number of hydrogen-bond acceptors (Lipinski definition) is 6. The van der Waals surface area contributed by atoms with Gasteiger partial charge in [-0.05, 0) is 73.9 Å². The van der Waals surface area contributed by atoms with E-state index < -0.39 is 5.97 Å². The summed E-state index contributed by atoms with van der Waals surface area (Å²) in [5.74, 6) is 6.40. The van der Waals surface area contributed by atoms with Crippen LogP contribution in [-0.4, -0.2) is 52.7 Å². The number of pyridine rings is 1. The fraction of sp³-hybridized carbons (Fsp3) is 0.400. The van der Waals surface area contributed by atoms with Crippen LogP contribution in [0.15, 0.2) is 47.5 Å². The van der Waals surface area contributed by atoms with Gasteiger partial charge in [0.2, 0.25) is 0 Å². The van der Waals surface area contributed by atoms with Crippen LogP contribution in [0, 0.1) is 23.7 Å². The molecule has 1 N–H and O–H groups in total. The minimum absolute atomic E-state index is 0.175. The normalized spacial score (nSPS) is 18.8. The Morgan fingerprint density at radius 2 is 2.28 bits per heavy atom. The first-order chi connectivity index (χ1) is 15.6. The predicted molar refractivity (Wildman–Crippen MR) is 120 cm³/mol. The highest BCUT2D eigenvalue weighted by Crippen LogP contribution is 2.30. The molecule has 7 nitrogen and oxygen atoms in total. The summed E-state index contributed by atoms with van der Waals surface area (Å²) in [6.07, 6.45) is 8.34. The number of nitrogens with zero attached hydrogens (tertiary/aromatic N) is 3. The number of aromatic nitrogens is 2. The Kier molecular flexibility index (Phi) is 7.03. The van der Waals surface area contributed by atoms with Crippen LogP contribution in [0.4, 0.5) is 0 Å². The average Bonchev–Trinajstić information content (AvgIpc) is 3.33. The topological polar surface area (TPSA) is 88.7 Å². The van der Waals surface area contributed by atoms with Gasteiger partial charge in [0.05, 0.1) is 31.3 Å². The summed E-state index contributed by atoms with van der Waals surface area (Å²) < 4.78 is 10.5. The largest absolute Gasteiger partial charge is 0.497 e. The number of ether oxygens (including phenoxy) is 1. The highest BCUT2D eigenvalue weighted by molar-refractivity contribution is 5.83. The number of likely N-dealkylation sites (tertiary alicyclic amines) is 1.